The van der Waals surface area contributed by atoms with Gasteiger partial charge in [-0.3, -0.25) is 9.59 Å². The highest BCUT2D eigenvalue weighted by Crippen LogP contribution is 2.26. The number of hydrogen-bond acceptors (Lipinski definition) is 3. The number of rotatable bonds is 5. The van der Waals surface area contributed by atoms with Gasteiger partial charge in [-0.1, -0.05) is 11.6 Å². The van der Waals surface area contributed by atoms with Crippen LogP contribution in [0, 0.1) is 11.8 Å². The first-order valence-electron chi connectivity index (χ1n) is 9.54. The molecule has 2 unspecified atom stereocenters. The van der Waals surface area contributed by atoms with Gasteiger partial charge in [0.2, 0.25) is 11.8 Å². The number of carbonyl (C=O) groups is 2. The molecule has 0 saturated carbocycles. The summed E-state index contributed by atoms with van der Waals surface area (Å²) in [5, 5.41) is 3.67. The first-order valence-corrected chi connectivity index (χ1v) is 9.92. The van der Waals surface area contributed by atoms with Gasteiger partial charge in [-0.15, -0.1) is 0 Å². The molecular formula is C20H28ClN3O2. The average Bonchev–Trinajstić information content (AvgIpc) is 3.02. The summed E-state index contributed by atoms with van der Waals surface area (Å²) in [5.74, 6) is -0.347. The molecule has 0 aromatic heterocycles. The van der Waals surface area contributed by atoms with Crippen molar-refractivity contribution in [3.05, 3.63) is 29.3 Å². The SMILES string of the molecule is CC(C)N1CCCC(CNC(=O)C2CCN(c3ccc(Cl)cc3)C2=O)C1. The van der Waals surface area contributed by atoms with Crippen LogP contribution in [0.4, 0.5) is 5.69 Å². The fourth-order valence-corrected chi connectivity index (χ4v) is 4.03. The smallest absolute Gasteiger partial charge is 0.239 e. The summed E-state index contributed by atoms with van der Waals surface area (Å²) in [4.78, 5) is 29.3. The van der Waals surface area contributed by atoms with Gasteiger partial charge in [0.25, 0.3) is 0 Å². The van der Waals surface area contributed by atoms with Gasteiger partial charge >= 0.3 is 0 Å². The minimum Gasteiger partial charge on any atom is -0.355 e. The molecule has 142 valence electrons. The third-order valence-corrected chi connectivity index (χ3v) is 5.76. The van der Waals surface area contributed by atoms with Gasteiger partial charge in [0.15, 0.2) is 0 Å². The van der Waals surface area contributed by atoms with Crippen LogP contribution in [-0.2, 0) is 9.59 Å². The van der Waals surface area contributed by atoms with Crippen molar-refractivity contribution in [2.75, 3.05) is 31.1 Å². The maximum atomic E-state index is 12.6. The standard InChI is InChI=1S/C20H28ClN3O2/c1-14(2)23-10-3-4-15(13-23)12-22-19(25)18-9-11-24(20(18)26)17-7-5-16(21)6-8-17/h5-8,14-15,18H,3-4,9-13H2,1-2H3,(H,22,25). The normalized spacial score (nSPS) is 24.3. The predicted octanol–water partition coefficient (Wildman–Crippen LogP) is 2.93. The molecule has 0 aliphatic carbocycles. The van der Waals surface area contributed by atoms with Gasteiger partial charge in [0, 0.05) is 36.4 Å². The lowest BCUT2D eigenvalue weighted by atomic mass is 9.96. The molecule has 1 N–H and O–H groups in total. The second kappa shape index (κ2) is 8.40. The van der Waals surface area contributed by atoms with Crippen LogP contribution in [0.1, 0.15) is 33.1 Å². The van der Waals surface area contributed by atoms with E-state index in [9.17, 15) is 9.59 Å². The quantitative estimate of drug-likeness (QED) is 0.803. The van der Waals surface area contributed by atoms with E-state index in [1.165, 1.54) is 6.42 Å². The Morgan fingerprint density at radius 3 is 2.65 bits per heavy atom. The van der Waals surface area contributed by atoms with E-state index in [0.29, 0.717) is 36.5 Å². The van der Waals surface area contributed by atoms with Crippen molar-refractivity contribution in [3.63, 3.8) is 0 Å². The van der Waals surface area contributed by atoms with Gasteiger partial charge in [0.05, 0.1) is 0 Å². The zero-order valence-electron chi connectivity index (χ0n) is 15.6. The molecule has 5 nitrogen and oxygen atoms in total. The molecule has 0 spiro atoms. The molecule has 1 aromatic carbocycles. The number of nitrogens with zero attached hydrogens (tertiary/aromatic N) is 2. The summed E-state index contributed by atoms with van der Waals surface area (Å²) in [6.07, 6.45) is 2.88. The van der Waals surface area contributed by atoms with E-state index in [1.54, 1.807) is 17.0 Å². The van der Waals surface area contributed by atoms with Crippen LogP contribution < -0.4 is 10.2 Å². The first-order chi connectivity index (χ1) is 12.5. The highest BCUT2D eigenvalue weighted by atomic mass is 35.5. The van der Waals surface area contributed by atoms with Crippen LogP contribution in [0.3, 0.4) is 0 Å². The predicted molar refractivity (Wildman–Crippen MR) is 104 cm³/mol. The van der Waals surface area contributed by atoms with Gasteiger partial charge in [0.1, 0.15) is 5.92 Å². The lowest BCUT2D eigenvalue weighted by Crippen LogP contribution is -2.45. The van der Waals surface area contributed by atoms with E-state index in [1.807, 2.05) is 12.1 Å². The van der Waals surface area contributed by atoms with Crippen molar-refractivity contribution in [1.82, 2.24) is 10.2 Å². The monoisotopic (exact) mass is 377 g/mol. The van der Waals surface area contributed by atoms with Crippen LogP contribution in [0.15, 0.2) is 24.3 Å². The zero-order valence-corrected chi connectivity index (χ0v) is 16.3. The van der Waals surface area contributed by atoms with Gasteiger partial charge in [-0.2, -0.15) is 0 Å². The van der Waals surface area contributed by atoms with E-state index in [-0.39, 0.29) is 11.8 Å². The molecule has 1 aromatic rings. The topological polar surface area (TPSA) is 52.7 Å². The summed E-state index contributed by atoms with van der Waals surface area (Å²) in [6, 6.07) is 7.71. The number of anilines is 1. The Labute approximate surface area is 160 Å². The zero-order chi connectivity index (χ0) is 18.7. The molecule has 2 aliphatic heterocycles. The molecule has 0 radical (unpaired) electrons. The van der Waals surface area contributed by atoms with E-state index in [2.05, 4.69) is 24.1 Å². The van der Waals surface area contributed by atoms with E-state index < -0.39 is 5.92 Å². The van der Waals surface area contributed by atoms with Crippen LogP contribution in [0.2, 0.25) is 5.02 Å². The molecule has 0 bridgehead atoms. The van der Waals surface area contributed by atoms with Crippen LogP contribution in [0.5, 0.6) is 0 Å². The first kappa shape index (κ1) is 19.2. The minimum absolute atomic E-state index is 0.114. The number of carbonyl (C=O) groups excluding carboxylic acids is 2. The van der Waals surface area contributed by atoms with Gasteiger partial charge in [-0.05, 0) is 69.8 Å². The van der Waals surface area contributed by atoms with Crippen LogP contribution >= 0.6 is 11.6 Å². The largest absolute Gasteiger partial charge is 0.355 e. The highest BCUT2D eigenvalue weighted by Gasteiger charge is 2.37. The maximum Gasteiger partial charge on any atom is 0.239 e. The second-order valence-corrected chi connectivity index (χ2v) is 8.09. The Morgan fingerprint density at radius 1 is 1.23 bits per heavy atom. The lowest BCUT2D eigenvalue weighted by molar-refractivity contribution is -0.132. The number of nitrogens with one attached hydrogen (secondary N) is 1. The number of benzene rings is 1. The Morgan fingerprint density at radius 2 is 1.96 bits per heavy atom. The number of hydrogen-bond donors (Lipinski definition) is 1. The molecule has 2 saturated heterocycles. The van der Waals surface area contributed by atoms with Crippen molar-refractivity contribution in [3.8, 4) is 0 Å². The summed E-state index contributed by atoms with van der Waals surface area (Å²) >= 11 is 5.91. The number of halogens is 1. The molecule has 6 heteroatoms. The minimum atomic E-state index is -0.574. The summed E-state index contributed by atoms with van der Waals surface area (Å²) in [7, 11) is 0. The van der Waals surface area contributed by atoms with Crippen LogP contribution in [0.25, 0.3) is 0 Å². The molecule has 2 aliphatic rings. The molecule has 2 heterocycles. The molecule has 2 atom stereocenters. The Balaban J connectivity index is 1.52. The third-order valence-electron chi connectivity index (χ3n) is 5.51. The van der Waals surface area contributed by atoms with Gasteiger partial charge < -0.3 is 15.1 Å². The van der Waals surface area contributed by atoms with Crippen molar-refractivity contribution in [2.24, 2.45) is 11.8 Å². The fraction of sp³-hybridized carbons (Fsp3) is 0.600. The van der Waals surface area contributed by atoms with E-state index in [0.717, 1.165) is 25.2 Å². The van der Waals surface area contributed by atoms with Crippen LogP contribution in [-0.4, -0.2) is 48.9 Å². The molecular weight excluding hydrogens is 350 g/mol. The Kier molecular flexibility index (Phi) is 6.20. The molecule has 26 heavy (non-hydrogen) atoms. The van der Waals surface area contributed by atoms with Crippen molar-refractivity contribution < 1.29 is 9.59 Å². The third kappa shape index (κ3) is 4.38. The van der Waals surface area contributed by atoms with Crippen molar-refractivity contribution in [1.29, 1.82) is 0 Å². The molecule has 2 fully saturated rings. The van der Waals surface area contributed by atoms with Gasteiger partial charge in [-0.25, -0.2) is 0 Å². The van der Waals surface area contributed by atoms with E-state index in [4.69, 9.17) is 11.6 Å². The van der Waals surface area contributed by atoms with Crippen molar-refractivity contribution >= 4 is 29.1 Å². The Bertz CT molecular complexity index is 647. The van der Waals surface area contributed by atoms with Crippen molar-refractivity contribution in [2.45, 2.75) is 39.2 Å². The number of amides is 2. The molecule has 3 rings (SSSR count). The highest BCUT2D eigenvalue weighted by molar-refractivity contribution is 6.30. The summed E-state index contributed by atoms with van der Waals surface area (Å²) in [5.41, 5.74) is 0.801. The lowest BCUT2D eigenvalue weighted by Gasteiger charge is -2.35. The number of piperidine rings is 1. The fourth-order valence-electron chi connectivity index (χ4n) is 3.90. The number of likely N-dealkylation sites (tertiary alicyclic amines) is 1. The summed E-state index contributed by atoms with van der Waals surface area (Å²) in [6.45, 7) is 7.82. The Hall–Kier alpha value is -1.59. The molecule has 2 amide bonds. The second-order valence-electron chi connectivity index (χ2n) is 7.65. The average molecular weight is 378 g/mol. The van der Waals surface area contributed by atoms with E-state index >= 15 is 0 Å². The maximum absolute atomic E-state index is 12.6. The summed E-state index contributed by atoms with van der Waals surface area (Å²) < 4.78 is 0.